The molecule has 5 heteroatoms. The van der Waals surface area contributed by atoms with E-state index in [1.54, 1.807) is 12.1 Å². The fraction of sp³-hybridized carbons (Fsp3) is 0.133. The Morgan fingerprint density at radius 3 is 2.90 bits per heavy atom. The molecule has 2 aromatic rings. The molecule has 1 aliphatic heterocycles. The Bertz CT molecular complexity index is 675. The summed E-state index contributed by atoms with van der Waals surface area (Å²) in [6, 6.07) is 13.1. The van der Waals surface area contributed by atoms with Crippen molar-refractivity contribution in [1.29, 1.82) is 0 Å². The molecule has 0 saturated carbocycles. The second-order valence-corrected chi connectivity index (χ2v) is 6.13. The van der Waals surface area contributed by atoms with Crippen LogP contribution in [0.4, 0.5) is 5.69 Å². The number of para-hydroxylation sites is 1. The monoisotopic (exact) mass is 399 g/mol. The number of halogens is 2. The van der Waals surface area contributed by atoms with Crippen molar-refractivity contribution in [1.82, 2.24) is 0 Å². The molecule has 0 spiro atoms. The zero-order valence-corrected chi connectivity index (χ0v) is 13.3. The minimum atomic E-state index is -0.500. The van der Waals surface area contributed by atoms with E-state index in [4.69, 9.17) is 16.3 Å². The van der Waals surface area contributed by atoms with Crippen molar-refractivity contribution in [3.05, 3.63) is 56.6 Å². The van der Waals surface area contributed by atoms with Gasteiger partial charge in [-0.1, -0.05) is 23.7 Å². The largest absolute Gasteiger partial charge is 0.480 e. The van der Waals surface area contributed by atoms with Gasteiger partial charge in [-0.2, -0.15) is 0 Å². The molecule has 1 atom stereocenters. The van der Waals surface area contributed by atoms with E-state index < -0.39 is 6.10 Å². The molecule has 1 heterocycles. The fourth-order valence-electron chi connectivity index (χ4n) is 2.14. The Morgan fingerprint density at radius 2 is 2.10 bits per heavy atom. The van der Waals surface area contributed by atoms with Crippen LogP contribution >= 0.6 is 34.2 Å². The van der Waals surface area contributed by atoms with Gasteiger partial charge >= 0.3 is 0 Å². The molecule has 0 aliphatic carbocycles. The Kier molecular flexibility index (Phi) is 3.85. The number of anilines is 1. The Labute approximate surface area is 135 Å². The van der Waals surface area contributed by atoms with E-state index in [9.17, 15) is 4.79 Å². The number of nitrogens with one attached hydrogen (secondary N) is 1. The lowest BCUT2D eigenvalue weighted by Gasteiger charge is -2.12. The molecule has 102 valence electrons. The third kappa shape index (κ3) is 2.76. The molecule has 2 aromatic carbocycles. The first-order valence-electron chi connectivity index (χ1n) is 6.14. The first kappa shape index (κ1) is 13.7. The summed E-state index contributed by atoms with van der Waals surface area (Å²) in [7, 11) is 0. The highest BCUT2D eigenvalue weighted by Gasteiger charge is 2.29. The number of carbonyl (C=O) groups is 1. The molecular formula is C15H11ClINO2. The summed E-state index contributed by atoms with van der Waals surface area (Å²) in [5, 5.41) is 3.56. The van der Waals surface area contributed by atoms with Crippen LogP contribution in [-0.2, 0) is 11.2 Å². The first-order valence-corrected chi connectivity index (χ1v) is 7.59. The van der Waals surface area contributed by atoms with Gasteiger partial charge in [0.05, 0.1) is 5.69 Å². The van der Waals surface area contributed by atoms with E-state index in [0.29, 0.717) is 11.4 Å². The number of benzene rings is 2. The van der Waals surface area contributed by atoms with Crippen LogP contribution in [0, 0.1) is 3.57 Å². The summed E-state index contributed by atoms with van der Waals surface area (Å²) < 4.78 is 6.66. The number of carbonyl (C=O) groups excluding carboxylic acids is 1. The van der Waals surface area contributed by atoms with Gasteiger partial charge in [-0.25, -0.2) is 0 Å². The molecule has 0 bridgehead atoms. The summed E-state index contributed by atoms with van der Waals surface area (Å²) >= 11 is 8.13. The molecular weight excluding hydrogens is 389 g/mol. The molecule has 0 fully saturated rings. The number of ether oxygens (including phenoxy) is 1. The van der Waals surface area contributed by atoms with Crippen molar-refractivity contribution in [2.24, 2.45) is 0 Å². The minimum Gasteiger partial charge on any atom is -0.480 e. The van der Waals surface area contributed by atoms with E-state index in [-0.39, 0.29) is 5.91 Å². The SMILES string of the molecule is O=C(Nc1ccccc1I)C1Cc2cc(Cl)ccc2O1. The lowest BCUT2D eigenvalue weighted by molar-refractivity contribution is -0.122. The normalized spacial score (nSPS) is 16.4. The van der Waals surface area contributed by atoms with Crippen LogP contribution in [0.25, 0.3) is 0 Å². The average molecular weight is 400 g/mol. The molecule has 20 heavy (non-hydrogen) atoms. The van der Waals surface area contributed by atoms with E-state index >= 15 is 0 Å². The molecule has 1 amide bonds. The lowest BCUT2D eigenvalue weighted by atomic mass is 10.1. The highest BCUT2D eigenvalue weighted by molar-refractivity contribution is 14.1. The van der Waals surface area contributed by atoms with Crippen LogP contribution in [0.1, 0.15) is 5.56 Å². The number of rotatable bonds is 2. The number of hydrogen-bond donors (Lipinski definition) is 1. The summed E-state index contributed by atoms with van der Waals surface area (Å²) in [6.07, 6.45) is 0.0463. The van der Waals surface area contributed by atoms with Crippen LogP contribution in [0.2, 0.25) is 5.02 Å². The van der Waals surface area contributed by atoms with Gasteiger partial charge in [-0.05, 0) is 58.5 Å². The molecule has 0 saturated heterocycles. The second kappa shape index (κ2) is 5.61. The van der Waals surface area contributed by atoms with Crippen molar-refractivity contribution < 1.29 is 9.53 Å². The predicted octanol–water partition coefficient (Wildman–Crippen LogP) is 3.89. The van der Waals surface area contributed by atoms with Gasteiger partial charge < -0.3 is 10.1 Å². The highest BCUT2D eigenvalue weighted by Crippen LogP contribution is 2.31. The van der Waals surface area contributed by atoms with Gasteiger partial charge in [-0.15, -0.1) is 0 Å². The van der Waals surface area contributed by atoms with E-state index in [2.05, 4.69) is 27.9 Å². The summed E-state index contributed by atoms with van der Waals surface area (Å²) in [5.41, 5.74) is 1.77. The van der Waals surface area contributed by atoms with Crippen LogP contribution < -0.4 is 10.1 Å². The number of fused-ring (bicyclic) bond motifs is 1. The fourth-order valence-corrected chi connectivity index (χ4v) is 2.86. The highest BCUT2D eigenvalue weighted by atomic mass is 127. The van der Waals surface area contributed by atoms with E-state index in [0.717, 1.165) is 20.6 Å². The third-order valence-corrected chi connectivity index (χ3v) is 4.30. The smallest absolute Gasteiger partial charge is 0.265 e. The maximum Gasteiger partial charge on any atom is 0.265 e. The average Bonchev–Trinajstić information content (AvgIpc) is 2.84. The summed E-state index contributed by atoms with van der Waals surface area (Å²) in [4.78, 5) is 12.2. The predicted molar refractivity (Wildman–Crippen MR) is 87.4 cm³/mol. The molecule has 0 radical (unpaired) electrons. The Balaban J connectivity index is 1.73. The molecule has 3 nitrogen and oxygen atoms in total. The van der Waals surface area contributed by atoms with Gasteiger partial charge in [0.25, 0.3) is 5.91 Å². The Morgan fingerprint density at radius 1 is 1.30 bits per heavy atom. The van der Waals surface area contributed by atoms with Crippen LogP contribution in [0.3, 0.4) is 0 Å². The molecule has 0 aromatic heterocycles. The van der Waals surface area contributed by atoms with Gasteiger partial charge in [-0.3, -0.25) is 4.79 Å². The maximum atomic E-state index is 12.2. The maximum absolute atomic E-state index is 12.2. The summed E-state index contributed by atoms with van der Waals surface area (Å²) in [6.45, 7) is 0. The molecule has 1 N–H and O–H groups in total. The van der Waals surface area contributed by atoms with Gasteiger partial charge in [0, 0.05) is 15.0 Å². The van der Waals surface area contributed by atoms with Crippen molar-refractivity contribution >= 4 is 45.8 Å². The molecule has 1 aliphatic rings. The Hall–Kier alpha value is -1.27. The molecule has 3 rings (SSSR count). The first-order chi connectivity index (χ1) is 9.63. The lowest BCUT2D eigenvalue weighted by Crippen LogP contribution is -2.31. The van der Waals surface area contributed by atoms with Crippen molar-refractivity contribution in [2.45, 2.75) is 12.5 Å². The topological polar surface area (TPSA) is 38.3 Å². The summed E-state index contributed by atoms with van der Waals surface area (Å²) in [5.74, 6) is 0.596. The van der Waals surface area contributed by atoms with Gasteiger partial charge in [0.15, 0.2) is 6.10 Å². The zero-order valence-electron chi connectivity index (χ0n) is 10.4. The van der Waals surface area contributed by atoms with Gasteiger partial charge in [0.2, 0.25) is 0 Å². The number of amides is 1. The zero-order chi connectivity index (χ0) is 14.1. The standard InChI is InChI=1S/C15H11ClINO2/c16-10-5-6-13-9(7-10)8-14(20-13)15(19)18-12-4-2-1-3-11(12)17/h1-7,14H,8H2,(H,18,19). The quantitative estimate of drug-likeness (QED) is 0.778. The van der Waals surface area contributed by atoms with Crippen molar-refractivity contribution in [3.63, 3.8) is 0 Å². The van der Waals surface area contributed by atoms with Crippen LogP contribution in [0.5, 0.6) is 5.75 Å². The third-order valence-electron chi connectivity index (χ3n) is 3.12. The molecule has 1 unspecified atom stereocenters. The van der Waals surface area contributed by atoms with Crippen molar-refractivity contribution in [2.75, 3.05) is 5.32 Å². The van der Waals surface area contributed by atoms with Crippen molar-refractivity contribution in [3.8, 4) is 5.75 Å². The number of hydrogen-bond acceptors (Lipinski definition) is 2. The minimum absolute atomic E-state index is 0.138. The van der Waals surface area contributed by atoms with E-state index in [1.807, 2.05) is 30.3 Å². The van der Waals surface area contributed by atoms with Crippen LogP contribution in [-0.4, -0.2) is 12.0 Å². The van der Waals surface area contributed by atoms with E-state index in [1.165, 1.54) is 0 Å². The van der Waals surface area contributed by atoms with Gasteiger partial charge in [0.1, 0.15) is 5.75 Å². The second-order valence-electron chi connectivity index (χ2n) is 4.53. The van der Waals surface area contributed by atoms with Crippen LogP contribution in [0.15, 0.2) is 42.5 Å².